The number of aryl methyl sites for hydroxylation is 3. The van der Waals surface area contributed by atoms with Crippen molar-refractivity contribution < 1.29 is 4.79 Å². The van der Waals surface area contributed by atoms with Gasteiger partial charge in [-0.3, -0.25) is 4.79 Å². The second kappa shape index (κ2) is 7.61. The van der Waals surface area contributed by atoms with Crippen molar-refractivity contribution in [3.8, 4) is 11.4 Å². The Labute approximate surface area is 156 Å². The smallest absolute Gasteiger partial charge is 0.234 e. The summed E-state index contributed by atoms with van der Waals surface area (Å²) in [4.78, 5) is 12.3. The molecule has 0 aliphatic rings. The van der Waals surface area contributed by atoms with E-state index >= 15 is 0 Å². The number of nitrogens with zero attached hydrogens (tertiary/aromatic N) is 3. The Kier molecular flexibility index (Phi) is 5.27. The van der Waals surface area contributed by atoms with Crippen molar-refractivity contribution in [2.24, 2.45) is 0 Å². The molecule has 3 rings (SSSR count). The molecule has 134 valence electrons. The lowest BCUT2D eigenvalue weighted by molar-refractivity contribution is -0.113. The van der Waals surface area contributed by atoms with Gasteiger partial charge in [0.1, 0.15) is 0 Å². The number of para-hydroxylation sites is 1. The van der Waals surface area contributed by atoms with Crippen molar-refractivity contribution in [2.45, 2.75) is 25.9 Å². The second-order valence-corrected chi connectivity index (χ2v) is 7.04. The van der Waals surface area contributed by atoms with Crippen molar-refractivity contribution in [3.63, 3.8) is 0 Å². The van der Waals surface area contributed by atoms with Crippen molar-refractivity contribution >= 4 is 23.4 Å². The number of nitrogens with one attached hydrogen (secondary N) is 1. The Bertz CT molecular complexity index is 931. The van der Waals surface area contributed by atoms with Crippen molar-refractivity contribution in [1.82, 2.24) is 14.9 Å². The molecule has 1 heterocycles. The fraction of sp³-hybridized carbons (Fsp3) is 0.211. The molecule has 1 aromatic heterocycles. The Balaban J connectivity index is 1.69. The highest BCUT2D eigenvalue weighted by atomic mass is 32.2. The summed E-state index contributed by atoms with van der Waals surface area (Å²) in [5.74, 6) is 6.82. The van der Waals surface area contributed by atoms with Gasteiger partial charge in [0, 0.05) is 11.3 Å². The minimum absolute atomic E-state index is 0.104. The maximum Gasteiger partial charge on any atom is 0.234 e. The van der Waals surface area contributed by atoms with Gasteiger partial charge in [-0.05, 0) is 37.5 Å². The summed E-state index contributed by atoms with van der Waals surface area (Å²) in [6, 6.07) is 13.8. The van der Waals surface area contributed by atoms with Gasteiger partial charge < -0.3 is 11.2 Å². The highest BCUT2D eigenvalue weighted by Gasteiger charge is 2.15. The van der Waals surface area contributed by atoms with E-state index in [-0.39, 0.29) is 11.7 Å². The molecule has 1 amide bonds. The van der Waals surface area contributed by atoms with Gasteiger partial charge in [0.25, 0.3) is 0 Å². The summed E-state index contributed by atoms with van der Waals surface area (Å²) in [7, 11) is 0. The van der Waals surface area contributed by atoms with Crippen molar-refractivity contribution in [1.29, 1.82) is 0 Å². The summed E-state index contributed by atoms with van der Waals surface area (Å²) in [5.41, 5.74) is 4.91. The van der Waals surface area contributed by atoms with Gasteiger partial charge in [-0.15, -0.1) is 10.2 Å². The van der Waals surface area contributed by atoms with Crippen LogP contribution in [0.2, 0.25) is 0 Å². The maximum atomic E-state index is 12.3. The normalized spacial score (nSPS) is 10.7. The number of hydrogen-bond donors (Lipinski definition) is 2. The van der Waals surface area contributed by atoms with E-state index in [1.807, 2.05) is 63.2 Å². The quantitative estimate of drug-likeness (QED) is 0.534. The van der Waals surface area contributed by atoms with Gasteiger partial charge in [0.05, 0.1) is 5.75 Å². The van der Waals surface area contributed by atoms with E-state index in [1.165, 1.54) is 16.4 Å². The standard InChI is InChI=1S/C19H21N5OS/c1-12-7-4-5-10-15(12)18-22-23-19(24(18)20)26-11-16(25)21-17-13(2)8-6-9-14(17)3/h4-10H,11,20H2,1-3H3,(H,21,25). The first-order valence-corrected chi connectivity index (χ1v) is 9.21. The summed E-state index contributed by atoms with van der Waals surface area (Å²) < 4.78 is 1.43. The Morgan fingerprint density at radius 3 is 2.38 bits per heavy atom. The summed E-state index contributed by atoms with van der Waals surface area (Å²) in [6.45, 7) is 5.94. The van der Waals surface area contributed by atoms with E-state index in [1.54, 1.807) is 0 Å². The van der Waals surface area contributed by atoms with Crippen LogP contribution in [0.25, 0.3) is 11.4 Å². The summed E-state index contributed by atoms with van der Waals surface area (Å²) in [5, 5.41) is 11.7. The number of aromatic nitrogens is 3. The largest absolute Gasteiger partial charge is 0.335 e. The second-order valence-electron chi connectivity index (χ2n) is 6.09. The Hall–Kier alpha value is -2.80. The number of nitrogen functional groups attached to an aromatic ring is 1. The topological polar surface area (TPSA) is 85.8 Å². The van der Waals surface area contributed by atoms with Gasteiger partial charge in [-0.25, -0.2) is 4.68 Å². The number of thioether (sulfide) groups is 1. The molecule has 0 aliphatic carbocycles. The van der Waals surface area contributed by atoms with E-state index in [0.717, 1.165) is 27.9 Å². The van der Waals surface area contributed by atoms with Crippen LogP contribution in [0.15, 0.2) is 47.6 Å². The molecule has 0 unspecified atom stereocenters. The fourth-order valence-corrected chi connectivity index (χ4v) is 3.36. The van der Waals surface area contributed by atoms with Crippen LogP contribution in [-0.4, -0.2) is 26.5 Å². The molecule has 2 aromatic carbocycles. The summed E-state index contributed by atoms with van der Waals surface area (Å²) >= 11 is 1.26. The number of anilines is 1. The summed E-state index contributed by atoms with van der Waals surface area (Å²) in [6.07, 6.45) is 0. The van der Waals surface area contributed by atoms with Crippen LogP contribution in [0, 0.1) is 20.8 Å². The highest BCUT2D eigenvalue weighted by Crippen LogP contribution is 2.25. The van der Waals surface area contributed by atoms with E-state index in [2.05, 4.69) is 15.5 Å². The molecular weight excluding hydrogens is 346 g/mol. The first kappa shape index (κ1) is 18.0. The SMILES string of the molecule is Cc1ccccc1-c1nnc(SCC(=O)Nc2c(C)cccc2C)n1N. The zero-order valence-electron chi connectivity index (χ0n) is 15.0. The van der Waals surface area contributed by atoms with E-state index in [9.17, 15) is 4.79 Å². The average Bonchev–Trinajstić information content (AvgIpc) is 2.97. The molecule has 0 spiro atoms. The first-order chi connectivity index (χ1) is 12.5. The van der Waals surface area contributed by atoms with Crippen LogP contribution in [-0.2, 0) is 4.79 Å². The molecule has 0 radical (unpaired) electrons. The minimum atomic E-state index is -0.104. The molecule has 0 saturated carbocycles. The van der Waals surface area contributed by atoms with Crippen LogP contribution in [0.5, 0.6) is 0 Å². The molecule has 3 N–H and O–H groups in total. The molecule has 0 saturated heterocycles. The molecule has 26 heavy (non-hydrogen) atoms. The fourth-order valence-electron chi connectivity index (χ4n) is 2.70. The van der Waals surface area contributed by atoms with Crippen LogP contribution >= 0.6 is 11.8 Å². The highest BCUT2D eigenvalue weighted by molar-refractivity contribution is 7.99. The molecule has 0 bridgehead atoms. The van der Waals surface area contributed by atoms with Crippen LogP contribution in [0.4, 0.5) is 5.69 Å². The lowest BCUT2D eigenvalue weighted by Crippen LogP contribution is -2.17. The monoisotopic (exact) mass is 367 g/mol. The molecule has 0 fully saturated rings. The van der Waals surface area contributed by atoms with Gasteiger partial charge in [-0.2, -0.15) is 0 Å². The average molecular weight is 367 g/mol. The minimum Gasteiger partial charge on any atom is -0.335 e. The molecule has 7 heteroatoms. The number of benzene rings is 2. The Morgan fingerprint density at radius 1 is 1.04 bits per heavy atom. The van der Waals surface area contributed by atoms with Gasteiger partial charge in [0.15, 0.2) is 5.82 Å². The van der Waals surface area contributed by atoms with Crippen LogP contribution < -0.4 is 11.2 Å². The number of nitrogens with two attached hydrogens (primary N) is 1. The number of carbonyl (C=O) groups is 1. The third kappa shape index (κ3) is 3.72. The predicted molar refractivity (Wildman–Crippen MR) is 106 cm³/mol. The number of carbonyl (C=O) groups excluding carboxylic acids is 1. The first-order valence-electron chi connectivity index (χ1n) is 8.22. The molecule has 3 aromatic rings. The van der Waals surface area contributed by atoms with Crippen molar-refractivity contribution in [3.05, 3.63) is 59.2 Å². The lowest BCUT2D eigenvalue weighted by atomic mass is 10.1. The van der Waals surface area contributed by atoms with E-state index in [0.29, 0.717) is 11.0 Å². The number of amides is 1. The van der Waals surface area contributed by atoms with Crippen molar-refractivity contribution in [2.75, 3.05) is 16.9 Å². The molecule has 0 atom stereocenters. The number of rotatable bonds is 5. The molecule has 6 nitrogen and oxygen atoms in total. The third-order valence-electron chi connectivity index (χ3n) is 4.13. The van der Waals surface area contributed by atoms with Gasteiger partial charge >= 0.3 is 0 Å². The van der Waals surface area contributed by atoms with Crippen LogP contribution in [0.1, 0.15) is 16.7 Å². The van der Waals surface area contributed by atoms with Gasteiger partial charge in [-0.1, -0.05) is 54.2 Å². The Morgan fingerprint density at radius 2 is 1.69 bits per heavy atom. The third-order valence-corrected chi connectivity index (χ3v) is 5.07. The molecule has 0 aliphatic heterocycles. The van der Waals surface area contributed by atoms with Crippen LogP contribution in [0.3, 0.4) is 0 Å². The predicted octanol–water partition coefficient (Wildman–Crippen LogP) is 3.31. The maximum absolute atomic E-state index is 12.3. The number of hydrogen-bond acceptors (Lipinski definition) is 5. The molecular formula is C19H21N5OS. The zero-order chi connectivity index (χ0) is 18.7. The van der Waals surface area contributed by atoms with E-state index < -0.39 is 0 Å². The zero-order valence-corrected chi connectivity index (χ0v) is 15.8. The van der Waals surface area contributed by atoms with E-state index in [4.69, 9.17) is 5.84 Å². The van der Waals surface area contributed by atoms with Gasteiger partial charge in [0.2, 0.25) is 11.1 Å². The lowest BCUT2D eigenvalue weighted by Gasteiger charge is -2.11.